The molecule has 3 nitrogen and oxygen atoms in total. The Hall–Kier alpha value is -1.97. The summed E-state index contributed by atoms with van der Waals surface area (Å²) in [6.07, 6.45) is 0. The fourth-order valence-corrected chi connectivity index (χ4v) is 2.75. The van der Waals surface area contributed by atoms with E-state index < -0.39 is 5.79 Å². The second kappa shape index (κ2) is 4.30. The van der Waals surface area contributed by atoms with E-state index in [9.17, 15) is 4.79 Å². The summed E-state index contributed by atoms with van der Waals surface area (Å²) in [5.74, 6) is -1.00. The first-order valence-electron chi connectivity index (χ1n) is 6.08. The summed E-state index contributed by atoms with van der Waals surface area (Å²) in [6, 6.07) is 14.8. The minimum atomic E-state index is -1.01. The van der Waals surface area contributed by atoms with E-state index >= 15 is 0 Å². The van der Waals surface area contributed by atoms with E-state index in [-0.39, 0.29) is 5.78 Å². The largest absolute Gasteiger partial charge is 0.346 e. The third-order valence-electron chi connectivity index (χ3n) is 3.63. The molecule has 0 radical (unpaired) electrons. The lowest BCUT2D eigenvalue weighted by molar-refractivity contribution is -0.184. The van der Waals surface area contributed by atoms with Gasteiger partial charge in [-0.25, -0.2) is 0 Å². The third kappa shape index (κ3) is 1.49. The number of ketones is 1. The molecule has 3 rings (SSSR count). The van der Waals surface area contributed by atoms with Gasteiger partial charge in [0, 0.05) is 36.5 Å². The Bertz CT molecular complexity index is 590. The second-order valence-corrected chi connectivity index (χ2v) is 4.45. The van der Waals surface area contributed by atoms with Gasteiger partial charge in [-0.1, -0.05) is 48.5 Å². The van der Waals surface area contributed by atoms with Crippen molar-refractivity contribution in [3.63, 3.8) is 0 Å². The quantitative estimate of drug-likeness (QED) is 0.773. The van der Waals surface area contributed by atoms with Gasteiger partial charge in [-0.2, -0.15) is 0 Å². The maximum absolute atomic E-state index is 12.5. The number of hydrogen-bond acceptors (Lipinski definition) is 3. The summed E-state index contributed by atoms with van der Waals surface area (Å²) in [4.78, 5) is 12.5. The molecule has 0 spiro atoms. The van der Waals surface area contributed by atoms with Crippen LogP contribution in [0.3, 0.4) is 0 Å². The number of methoxy groups -OCH3 is 2. The molecule has 96 valence electrons. The first-order chi connectivity index (χ1) is 9.24. The fourth-order valence-electron chi connectivity index (χ4n) is 2.75. The minimum absolute atomic E-state index is 0.0101. The van der Waals surface area contributed by atoms with Gasteiger partial charge in [-0.05, 0) is 0 Å². The molecular weight excluding hydrogens is 240 g/mol. The number of carbonyl (C=O) groups is 1. The Morgan fingerprint density at radius 1 is 0.789 bits per heavy atom. The first-order valence-corrected chi connectivity index (χ1v) is 6.08. The SMILES string of the molecule is COC1(OC)c2ccccc2C(=O)c2ccccc21. The lowest BCUT2D eigenvalue weighted by atomic mass is 9.80. The molecule has 1 aliphatic rings. The monoisotopic (exact) mass is 254 g/mol. The van der Waals surface area contributed by atoms with Crippen LogP contribution in [0.4, 0.5) is 0 Å². The molecule has 0 unspecified atom stereocenters. The van der Waals surface area contributed by atoms with E-state index in [1.807, 2.05) is 36.4 Å². The maximum Gasteiger partial charge on any atom is 0.223 e. The minimum Gasteiger partial charge on any atom is -0.346 e. The van der Waals surface area contributed by atoms with Crippen molar-refractivity contribution in [1.29, 1.82) is 0 Å². The molecule has 0 fully saturated rings. The van der Waals surface area contributed by atoms with Crippen LogP contribution in [0.25, 0.3) is 0 Å². The molecule has 3 heteroatoms. The summed E-state index contributed by atoms with van der Waals surface area (Å²) in [6.45, 7) is 0. The summed E-state index contributed by atoms with van der Waals surface area (Å²) in [5, 5.41) is 0. The standard InChI is InChI=1S/C16H14O3/c1-18-16(19-2)13-9-5-3-7-11(13)15(17)12-8-4-6-10-14(12)16/h3-10H,1-2H3. The van der Waals surface area contributed by atoms with E-state index in [0.29, 0.717) is 11.1 Å². The molecule has 0 aromatic heterocycles. The highest BCUT2D eigenvalue weighted by atomic mass is 16.7. The lowest BCUT2D eigenvalue weighted by Gasteiger charge is -2.37. The molecule has 1 aliphatic carbocycles. The zero-order valence-corrected chi connectivity index (χ0v) is 10.8. The van der Waals surface area contributed by atoms with Gasteiger partial charge in [0.05, 0.1) is 0 Å². The van der Waals surface area contributed by atoms with E-state index in [1.54, 1.807) is 26.4 Å². The maximum atomic E-state index is 12.5. The van der Waals surface area contributed by atoms with Crippen molar-refractivity contribution in [1.82, 2.24) is 0 Å². The molecule has 0 heterocycles. The molecule has 0 saturated heterocycles. The van der Waals surface area contributed by atoms with Gasteiger partial charge < -0.3 is 9.47 Å². The van der Waals surface area contributed by atoms with Gasteiger partial charge in [0.15, 0.2) is 5.78 Å². The van der Waals surface area contributed by atoms with Crippen molar-refractivity contribution in [3.05, 3.63) is 70.8 Å². The second-order valence-electron chi connectivity index (χ2n) is 4.45. The van der Waals surface area contributed by atoms with Crippen LogP contribution in [0.1, 0.15) is 27.0 Å². The first kappa shape index (κ1) is 12.1. The number of benzene rings is 2. The van der Waals surface area contributed by atoms with Crippen LogP contribution in [0.5, 0.6) is 0 Å². The van der Waals surface area contributed by atoms with Crippen molar-refractivity contribution in [2.24, 2.45) is 0 Å². The molecule has 2 aromatic carbocycles. The third-order valence-corrected chi connectivity index (χ3v) is 3.63. The average molecular weight is 254 g/mol. The summed E-state index contributed by atoms with van der Waals surface area (Å²) in [7, 11) is 3.18. The molecular formula is C16H14O3. The number of hydrogen-bond donors (Lipinski definition) is 0. The highest BCUT2D eigenvalue weighted by Crippen LogP contribution is 2.42. The van der Waals surface area contributed by atoms with Crippen molar-refractivity contribution < 1.29 is 14.3 Å². The van der Waals surface area contributed by atoms with Gasteiger partial charge in [-0.3, -0.25) is 4.79 Å². The smallest absolute Gasteiger partial charge is 0.223 e. The van der Waals surface area contributed by atoms with Crippen molar-refractivity contribution in [2.45, 2.75) is 5.79 Å². The zero-order chi connectivity index (χ0) is 13.5. The normalized spacial score (nSPS) is 15.8. The molecule has 0 atom stereocenters. The van der Waals surface area contributed by atoms with Crippen LogP contribution in [-0.2, 0) is 15.3 Å². The summed E-state index contributed by atoms with van der Waals surface area (Å²) in [5.41, 5.74) is 2.77. The molecule has 0 saturated carbocycles. The van der Waals surface area contributed by atoms with Crippen molar-refractivity contribution in [3.8, 4) is 0 Å². The van der Waals surface area contributed by atoms with Crippen LogP contribution in [0.2, 0.25) is 0 Å². The van der Waals surface area contributed by atoms with E-state index in [0.717, 1.165) is 11.1 Å². The fraction of sp³-hybridized carbons (Fsp3) is 0.188. The Labute approximate surface area is 111 Å². The average Bonchev–Trinajstić information content (AvgIpc) is 2.49. The lowest BCUT2D eigenvalue weighted by Crippen LogP contribution is -2.39. The predicted octanol–water partition coefficient (Wildman–Crippen LogP) is 2.72. The van der Waals surface area contributed by atoms with E-state index in [4.69, 9.17) is 9.47 Å². The highest BCUT2D eigenvalue weighted by molar-refractivity contribution is 6.12. The topological polar surface area (TPSA) is 35.5 Å². The predicted molar refractivity (Wildman–Crippen MR) is 71.1 cm³/mol. The van der Waals surface area contributed by atoms with Gasteiger partial charge in [0.25, 0.3) is 0 Å². The Morgan fingerprint density at radius 2 is 1.21 bits per heavy atom. The molecule has 19 heavy (non-hydrogen) atoms. The zero-order valence-electron chi connectivity index (χ0n) is 10.8. The molecule has 2 aromatic rings. The van der Waals surface area contributed by atoms with Crippen LogP contribution in [-0.4, -0.2) is 20.0 Å². The number of fused-ring (bicyclic) bond motifs is 2. The summed E-state index contributed by atoms with van der Waals surface area (Å²) >= 11 is 0. The molecule has 0 bridgehead atoms. The summed E-state index contributed by atoms with van der Waals surface area (Å²) < 4.78 is 11.3. The Kier molecular flexibility index (Phi) is 2.73. The molecule has 0 aliphatic heterocycles. The van der Waals surface area contributed by atoms with E-state index in [1.165, 1.54) is 0 Å². The van der Waals surface area contributed by atoms with Crippen LogP contribution >= 0.6 is 0 Å². The Morgan fingerprint density at radius 3 is 1.63 bits per heavy atom. The van der Waals surface area contributed by atoms with Crippen LogP contribution in [0, 0.1) is 0 Å². The molecule has 0 N–H and O–H groups in total. The number of carbonyl (C=O) groups excluding carboxylic acids is 1. The van der Waals surface area contributed by atoms with Gasteiger partial charge in [0.1, 0.15) is 0 Å². The van der Waals surface area contributed by atoms with Gasteiger partial charge in [-0.15, -0.1) is 0 Å². The van der Waals surface area contributed by atoms with Crippen LogP contribution < -0.4 is 0 Å². The van der Waals surface area contributed by atoms with Gasteiger partial charge >= 0.3 is 0 Å². The van der Waals surface area contributed by atoms with Crippen molar-refractivity contribution >= 4 is 5.78 Å². The van der Waals surface area contributed by atoms with Crippen molar-refractivity contribution in [2.75, 3.05) is 14.2 Å². The highest BCUT2D eigenvalue weighted by Gasteiger charge is 2.44. The Balaban J connectivity index is 2.39. The molecule has 0 amide bonds. The number of rotatable bonds is 2. The number of ether oxygens (including phenoxy) is 2. The van der Waals surface area contributed by atoms with Crippen LogP contribution in [0.15, 0.2) is 48.5 Å². The van der Waals surface area contributed by atoms with E-state index in [2.05, 4.69) is 0 Å². The van der Waals surface area contributed by atoms with Gasteiger partial charge in [0.2, 0.25) is 5.79 Å².